The van der Waals surface area contributed by atoms with Gasteiger partial charge in [0.2, 0.25) is 0 Å². The van der Waals surface area contributed by atoms with Gasteiger partial charge in [-0.15, -0.1) is 5.11 Å². The van der Waals surface area contributed by atoms with Crippen molar-refractivity contribution in [1.82, 2.24) is 0 Å². The number of unbranched alkanes of at least 4 members (excludes halogenated alkanes) is 8. The van der Waals surface area contributed by atoms with Crippen molar-refractivity contribution in [2.45, 2.75) is 71.1 Å². The van der Waals surface area contributed by atoms with Gasteiger partial charge in [-0.2, -0.15) is 8.42 Å². The van der Waals surface area contributed by atoms with Crippen LogP contribution in [0.5, 0.6) is 5.75 Å². The third-order valence-electron chi connectivity index (χ3n) is 3.81. The molecule has 0 bridgehead atoms. The first kappa shape index (κ1) is 22.2. The molecule has 0 aliphatic rings. The van der Waals surface area contributed by atoms with Crippen molar-refractivity contribution in [3.63, 3.8) is 0 Å². The minimum absolute atomic E-state index is 0.223. The Hall–Kier alpha value is -1.80. The predicted molar refractivity (Wildman–Crippen MR) is 100.0 cm³/mol. The molecule has 1 N–H and O–H groups in total. The van der Waals surface area contributed by atoms with Crippen LogP contribution in [0, 0.1) is 0 Å². The number of hydrogen-bond acceptors (Lipinski definition) is 5. The zero-order valence-electron chi connectivity index (χ0n) is 15.3. The molecule has 146 valence electrons. The number of ether oxygens (including phenoxy) is 1. The normalized spacial score (nSPS) is 11.8. The minimum Gasteiger partial charge on any atom is -0.427 e. The molecule has 1 aromatic rings. The van der Waals surface area contributed by atoms with E-state index in [0.717, 1.165) is 19.3 Å². The highest BCUT2D eigenvalue weighted by Gasteiger charge is 2.05. The van der Waals surface area contributed by atoms with Crippen LogP contribution in [0.2, 0.25) is 0 Å². The van der Waals surface area contributed by atoms with Crippen LogP contribution >= 0.6 is 0 Å². The van der Waals surface area contributed by atoms with Crippen LogP contribution in [-0.4, -0.2) is 18.9 Å². The van der Waals surface area contributed by atoms with Crippen molar-refractivity contribution in [1.29, 1.82) is 0 Å². The van der Waals surface area contributed by atoms with Crippen LogP contribution in [0.15, 0.2) is 33.9 Å². The molecule has 0 spiro atoms. The summed E-state index contributed by atoms with van der Waals surface area (Å²) >= 11 is 0. The smallest absolute Gasteiger partial charge is 0.396 e. The fourth-order valence-corrected chi connectivity index (χ4v) is 2.64. The Kier molecular flexibility index (Phi) is 10.7. The SMILES string of the molecule is CCCCCCCCCCCC(=O)Oc1ccc(N=NS(=O)(=O)O)cc1. The Morgan fingerprint density at radius 3 is 2.04 bits per heavy atom. The molecular formula is C18H28N2O5S. The number of carbonyl (C=O) groups is 1. The first-order valence-corrected chi connectivity index (χ1v) is 10.5. The molecule has 0 saturated carbocycles. The largest absolute Gasteiger partial charge is 0.427 e. The maximum atomic E-state index is 11.8. The second-order valence-electron chi connectivity index (χ2n) is 6.18. The van der Waals surface area contributed by atoms with Crippen LogP contribution in [0.1, 0.15) is 71.1 Å². The van der Waals surface area contributed by atoms with Crippen LogP contribution in [0.25, 0.3) is 0 Å². The van der Waals surface area contributed by atoms with Gasteiger partial charge in [0.25, 0.3) is 0 Å². The van der Waals surface area contributed by atoms with Gasteiger partial charge in [-0.05, 0) is 35.2 Å². The number of benzene rings is 1. The Labute approximate surface area is 155 Å². The standard InChI is InChI=1S/C18H28N2O5S/c1-2-3-4-5-6-7-8-9-10-11-18(21)25-17-14-12-16(13-15-17)19-20-26(22,23)24/h12-15H,2-11H2,1H3,(H,22,23,24). The van der Waals surface area contributed by atoms with Crippen molar-refractivity contribution in [2.75, 3.05) is 0 Å². The molecule has 0 aliphatic carbocycles. The van der Waals surface area contributed by atoms with E-state index in [4.69, 9.17) is 9.29 Å². The summed E-state index contributed by atoms with van der Waals surface area (Å²) in [6.07, 6.45) is 11.0. The van der Waals surface area contributed by atoms with Crippen LogP contribution in [0.4, 0.5) is 5.69 Å². The van der Waals surface area contributed by atoms with Crippen LogP contribution < -0.4 is 4.74 Å². The van der Waals surface area contributed by atoms with Crippen molar-refractivity contribution < 1.29 is 22.5 Å². The molecule has 0 atom stereocenters. The van der Waals surface area contributed by atoms with Gasteiger partial charge in [-0.25, -0.2) is 0 Å². The molecule has 26 heavy (non-hydrogen) atoms. The average Bonchev–Trinajstić information content (AvgIpc) is 2.59. The van der Waals surface area contributed by atoms with E-state index < -0.39 is 10.3 Å². The Morgan fingerprint density at radius 2 is 1.50 bits per heavy atom. The number of esters is 1. The van der Waals surface area contributed by atoms with Crippen LogP contribution in [0.3, 0.4) is 0 Å². The van der Waals surface area contributed by atoms with E-state index in [0.29, 0.717) is 12.2 Å². The summed E-state index contributed by atoms with van der Waals surface area (Å²) in [5.74, 6) is 0.0667. The lowest BCUT2D eigenvalue weighted by Gasteiger charge is -2.05. The lowest BCUT2D eigenvalue weighted by Crippen LogP contribution is -2.07. The van der Waals surface area contributed by atoms with Gasteiger partial charge >= 0.3 is 16.3 Å². The van der Waals surface area contributed by atoms with E-state index in [-0.39, 0.29) is 11.7 Å². The van der Waals surface area contributed by atoms with E-state index >= 15 is 0 Å². The summed E-state index contributed by atoms with van der Waals surface area (Å²) < 4.78 is 37.4. The molecule has 0 aromatic heterocycles. The van der Waals surface area contributed by atoms with E-state index in [1.54, 1.807) is 0 Å². The van der Waals surface area contributed by atoms with Crippen molar-refractivity contribution >= 4 is 22.0 Å². The average molecular weight is 384 g/mol. The number of rotatable bonds is 13. The number of nitrogens with zero attached hydrogens (tertiary/aromatic N) is 2. The first-order chi connectivity index (χ1) is 12.4. The number of carbonyl (C=O) groups excluding carboxylic acids is 1. The zero-order chi connectivity index (χ0) is 19.3. The lowest BCUT2D eigenvalue weighted by atomic mass is 10.1. The van der Waals surface area contributed by atoms with E-state index in [1.807, 2.05) is 0 Å². The van der Waals surface area contributed by atoms with Gasteiger partial charge in [0.1, 0.15) is 5.75 Å². The summed E-state index contributed by atoms with van der Waals surface area (Å²) in [4.78, 5) is 11.8. The Morgan fingerprint density at radius 1 is 0.962 bits per heavy atom. The van der Waals surface area contributed by atoms with Crippen molar-refractivity contribution in [3.8, 4) is 5.75 Å². The van der Waals surface area contributed by atoms with Gasteiger partial charge in [-0.3, -0.25) is 9.35 Å². The fraction of sp³-hybridized carbons (Fsp3) is 0.611. The quantitative estimate of drug-likeness (QED) is 0.161. The molecular weight excluding hydrogens is 356 g/mol. The molecule has 0 saturated heterocycles. The van der Waals surface area contributed by atoms with Gasteiger partial charge in [0.05, 0.1) is 5.69 Å². The Balaban J connectivity index is 2.18. The molecule has 0 radical (unpaired) electrons. The zero-order valence-corrected chi connectivity index (χ0v) is 16.1. The summed E-state index contributed by atoms with van der Waals surface area (Å²) in [5.41, 5.74) is 0.223. The van der Waals surface area contributed by atoms with E-state index in [2.05, 4.69) is 16.6 Å². The van der Waals surface area contributed by atoms with Crippen molar-refractivity contribution in [2.24, 2.45) is 9.63 Å². The third-order valence-corrected chi connectivity index (χ3v) is 4.10. The third kappa shape index (κ3) is 11.7. The molecule has 0 amide bonds. The second kappa shape index (κ2) is 12.5. The lowest BCUT2D eigenvalue weighted by molar-refractivity contribution is -0.134. The predicted octanol–water partition coefficient (Wildman–Crippen LogP) is 5.40. The van der Waals surface area contributed by atoms with Gasteiger partial charge in [0, 0.05) is 6.42 Å². The molecule has 0 heterocycles. The highest BCUT2D eigenvalue weighted by molar-refractivity contribution is 7.84. The molecule has 0 fully saturated rings. The van der Waals surface area contributed by atoms with Gasteiger partial charge in [0.15, 0.2) is 0 Å². The monoisotopic (exact) mass is 384 g/mol. The highest BCUT2D eigenvalue weighted by atomic mass is 32.2. The fourth-order valence-electron chi connectivity index (χ4n) is 2.44. The van der Waals surface area contributed by atoms with Crippen LogP contribution in [-0.2, 0) is 15.1 Å². The molecule has 0 unspecified atom stereocenters. The summed E-state index contributed by atoms with van der Waals surface area (Å²) in [6, 6.07) is 5.87. The maximum Gasteiger partial charge on any atom is 0.396 e. The first-order valence-electron chi connectivity index (χ1n) is 9.12. The molecule has 8 heteroatoms. The molecule has 1 aromatic carbocycles. The molecule has 1 rings (SSSR count). The van der Waals surface area contributed by atoms with E-state index in [1.165, 1.54) is 62.8 Å². The molecule has 0 aliphatic heterocycles. The van der Waals surface area contributed by atoms with Gasteiger partial charge in [-0.1, -0.05) is 58.3 Å². The summed E-state index contributed by atoms with van der Waals surface area (Å²) in [5, 5.41) is 3.35. The van der Waals surface area contributed by atoms with Gasteiger partial charge < -0.3 is 4.74 Å². The summed E-state index contributed by atoms with van der Waals surface area (Å²) in [6.45, 7) is 2.21. The topological polar surface area (TPSA) is 105 Å². The second-order valence-corrected chi connectivity index (χ2v) is 7.23. The maximum absolute atomic E-state index is 11.8. The van der Waals surface area contributed by atoms with E-state index in [9.17, 15) is 13.2 Å². The highest BCUT2D eigenvalue weighted by Crippen LogP contribution is 2.19. The molecule has 7 nitrogen and oxygen atoms in total. The number of hydrogen-bond donors (Lipinski definition) is 1. The van der Waals surface area contributed by atoms with Crippen molar-refractivity contribution in [3.05, 3.63) is 24.3 Å². The summed E-state index contributed by atoms with van der Waals surface area (Å²) in [7, 11) is -4.50. The minimum atomic E-state index is -4.50. The Bertz CT molecular complexity index is 657.